The van der Waals surface area contributed by atoms with Gasteiger partial charge in [0.05, 0.1) is 28.6 Å². The molecule has 4 nitrogen and oxygen atoms in total. The molecule has 3 aromatic rings. The van der Waals surface area contributed by atoms with E-state index in [1.807, 2.05) is 30.7 Å². The molecule has 0 aliphatic heterocycles. The van der Waals surface area contributed by atoms with Crippen LogP contribution < -0.4 is 0 Å². The minimum absolute atomic E-state index is 0.0475. The van der Waals surface area contributed by atoms with Gasteiger partial charge in [-0.05, 0) is 43.7 Å². The molecular formula is C18H14Cl2N4. The Hall–Kier alpha value is -2.35. The van der Waals surface area contributed by atoms with Crippen molar-refractivity contribution in [1.82, 2.24) is 14.5 Å². The van der Waals surface area contributed by atoms with E-state index in [1.165, 1.54) is 0 Å². The van der Waals surface area contributed by atoms with Crippen molar-refractivity contribution in [2.45, 2.75) is 19.9 Å². The molecule has 1 atom stereocenters. The zero-order valence-corrected chi connectivity index (χ0v) is 14.7. The summed E-state index contributed by atoms with van der Waals surface area (Å²) in [5, 5.41) is 10.8. The predicted octanol–water partition coefficient (Wildman–Crippen LogP) is 5.04. The van der Waals surface area contributed by atoms with Crippen molar-refractivity contribution >= 4 is 23.2 Å². The van der Waals surface area contributed by atoms with E-state index in [0.717, 1.165) is 11.3 Å². The molecule has 0 fully saturated rings. The van der Waals surface area contributed by atoms with Crippen molar-refractivity contribution in [2.75, 3.05) is 0 Å². The molecule has 2 heterocycles. The van der Waals surface area contributed by atoms with Crippen LogP contribution in [0.2, 0.25) is 10.0 Å². The summed E-state index contributed by atoms with van der Waals surface area (Å²) in [4.78, 5) is 8.63. The van der Waals surface area contributed by atoms with Crippen LogP contribution in [0.3, 0.4) is 0 Å². The van der Waals surface area contributed by atoms with Gasteiger partial charge in [0.1, 0.15) is 6.07 Å². The van der Waals surface area contributed by atoms with Crippen molar-refractivity contribution in [3.63, 3.8) is 0 Å². The molecule has 24 heavy (non-hydrogen) atoms. The van der Waals surface area contributed by atoms with Crippen LogP contribution in [0.1, 0.15) is 29.8 Å². The second kappa shape index (κ2) is 6.64. The van der Waals surface area contributed by atoms with Gasteiger partial charge in [0, 0.05) is 28.7 Å². The number of rotatable bonds is 3. The summed E-state index contributed by atoms with van der Waals surface area (Å²) in [7, 11) is 0. The molecule has 0 radical (unpaired) electrons. The van der Waals surface area contributed by atoms with Gasteiger partial charge in [-0.2, -0.15) is 5.26 Å². The number of aromatic nitrogens is 3. The van der Waals surface area contributed by atoms with Crippen LogP contribution in [0.25, 0.3) is 11.3 Å². The van der Waals surface area contributed by atoms with Crippen molar-refractivity contribution in [3.05, 3.63) is 69.9 Å². The van der Waals surface area contributed by atoms with Crippen molar-refractivity contribution in [2.24, 2.45) is 0 Å². The van der Waals surface area contributed by atoms with Gasteiger partial charge in [0.25, 0.3) is 0 Å². The monoisotopic (exact) mass is 356 g/mol. The van der Waals surface area contributed by atoms with Gasteiger partial charge in [-0.25, -0.2) is 4.98 Å². The number of nitrogens with zero attached hydrogens (tertiary/aromatic N) is 4. The fourth-order valence-corrected chi connectivity index (χ4v) is 3.18. The van der Waals surface area contributed by atoms with E-state index in [9.17, 15) is 5.26 Å². The topological polar surface area (TPSA) is 54.5 Å². The molecule has 0 bridgehead atoms. The molecule has 2 aromatic heterocycles. The lowest BCUT2D eigenvalue weighted by atomic mass is 9.96. The Balaban J connectivity index is 2.23. The quantitative estimate of drug-likeness (QED) is 0.660. The van der Waals surface area contributed by atoms with E-state index in [1.54, 1.807) is 30.7 Å². The number of imidazole rings is 1. The molecule has 1 unspecified atom stereocenters. The lowest BCUT2D eigenvalue weighted by Crippen LogP contribution is -2.09. The predicted molar refractivity (Wildman–Crippen MR) is 95.2 cm³/mol. The molecule has 0 aliphatic rings. The van der Waals surface area contributed by atoms with Crippen LogP contribution >= 0.6 is 23.2 Å². The summed E-state index contributed by atoms with van der Waals surface area (Å²) in [6.45, 7) is 3.92. The van der Waals surface area contributed by atoms with Gasteiger partial charge >= 0.3 is 0 Å². The fraction of sp³-hybridized carbons (Fsp3) is 0.167. The maximum Gasteiger partial charge on any atom is 0.102 e. The first-order valence-electron chi connectivity index (χ1n) is 7.35. The van der Waals surface area contributed by atoms with E-state index < -0.39 is 0 Å². The Morgan fingerprint density at radius 3 is 2.67 bits per heavy atom. The summed E-state index contributed by atoms with van der Waals surface area (Å²) in [6.07, 6.45) is 5.32. The molecule has 0 N–H and O–H groups in total. The molecule has 0 aliphatic carbocycles. The van der Waals surface area contributed by atoms with Gasteiger partial charge < -0.3 is 4.57 Å². The van der Waals surface area contributed by atoms with Gasteiger partial charge in [0.15, 0.2) is 0 Å². The minimum atomic E-state index is -0.0475. The normalized spacial score (nSPS) is 12.0. The van der Waals surface area contributed by atoms with Gasteiger partial charge in [-0.1, -0.05) is 23.2 Å². The second-order valence-corrected chi connectivity index (χ2v) is 6.34. The zero-order chi connectivity index (χ0) is 17.3. The van der Waals surface area contributed by atoms with E-state index in [0.29, 0.717) is 26.9 Å². The molecule has 6 heteroatoms. The summed E-state index contributed by atoms with van der Waals surface area (Å²) in [5.74, 6) is 0. The van der Waals surface area contributed by atoms with Crippen molar-refractivity contribution in [1.29, 1.82) is 5.26 Å². The average molecular weight is 357 g/mol. The molecule has 3 rings (SSSR count). The van der Waals surface area contributed by atoms with Gasteiger partial charge in [-0.3, -0.25) is 4.98 Å². The van der Waals surface area contributed by atoms with Crippen LogP contribution in [0.5, 0.6) is 0 Å². The average Bonchev–Trinajstić information content (AvgIpc) is 3.08. The fourth-order valence-electron chi connectivity index (χ4n) is 2.68. The molecule has 0 spiro atoms. The number of nitriles is 1. The summed E-state index contributed by atoms with van der Waals surface area (Å²) >= 11 is 12.3. The molecule has 0 saturated heterocycles. The first-order chi connectivity index (χ1) is 11.5. The lowest BCUT2D eigenvalue weighted by Gasteiger charge is -2.18. The third-order valence-corrected chi connectivity index (χ3v) is 4.45. The Kier molecular flexibility index (Phi) is 4.57. The van der Waals surface area contributed by atoms with E-state index in [2.05, 4.69) is 16.0 Å². The second-order valence-electron chi connectivity index (χ2n) is 5.50. The summed E-state index contributed by atoms with van der Waals surface area (Å²) in [5.41, 5.74) is 3.47. The highest BCUT2D eigenvalue weighted by Gasteiger charge is 2.20. The van der Waals surface area contributed by atoms with Crippen LogP contribution in [-0.2, 0) is 0 Å². The van der Waals surface area contributed by atoms with Crippen molar-refractivity contribution in [3.8, 4) is 17.3 Å². The minimum Gasteiger partial charge on any atom is -0.330 e. The third kappa shape index (κ3) is 3.01. The molecule has 120 valence electrons. The highest BCUT2D eigenvalue weighted by atomic mass is 35.5. The van der Waals surface area contributed by atoms with Crippen LogP contribution in [0.4, 0.5) is 0 Å². The van der Waals surface area contributed by atoms with E-state index in [4.69, 9.17) is 23.2 Å². The first-order valence-corrected chi connectivity index (χ1v) is 8.11. The highest BCUT2D eigenvalue weighted by molar-refractivity contribution is 6.36. The van der Waals surface area contributed by atoms with Crippen molar-refractivity contribution < 1.29 is 0 Å². The highest BCUT2D eigenvalue weighted by Crippen LogP contribution is 2.34. The Morgan fingerprint density at radius 2 is 2.04 bits per heavy atom. The molecule has 0 saturated carbocycles. The van der Waals surface area contributed by atoms with Gasteiger partial charge in [-0.15, -0.1) is 0 Å². The summed E-state index contributed by atoms with van der Waals surface area (Å²) in [6, 6.07) is 9.36. The number of benzene rings is 1. The number of aryl methyl sites for hydroxylation is 1. The maximum absolute atomic E-state index is 9.76. The van der Waals surface area contributed by atoms with Gasteiger partial charge in [0.2, 0.25) is 0 Å². The zero-order valence-electron chi connectivity index (χ0n) is 13.2. The maximum atomic E-state index is 9.76. The first kappa shape index (κ1) is 16.5. The van der Waals surface area contributed by atoms with Crippen LogP contribution in [0.15, 0.2) is 43.0 Å². The largest absolute Gasteiger partial charge is 0.330 e. The standard InChI is InChI=1S/C18H14Cl2N4/c1-11-7-15(12(2)24-6-5-22-10-24)16(9-21)18(23-11)14-4-3-13(19)8-17(14)20/h3-8,10,12H,1-2H3. The molecule has 0 amide bonds. The smallest absolute Gasteiger partial charge is 0.102 e. The Bertz CT molecular complexity index is 927. The van der Waals surface area contributed by atoms with Crippen LogP contribution in [-0.4, -0.2) is 14.5 Å². The number of halogens is 2. The molecule has 1 aromatic carbocycles. The number of hydrogen-bond donors (Lipinski definition) is 0. The Labute approximate surface area is 150 Å². The van der Waals surface area contributed by atoms with E-state index in [-0.39, 0.29) is 6.04 Å². The van der Waals surface area contributed by atoms with E-state index >= 15 is 0 Å². The SMILES string of the molecule is Cc1cc(C(C)n2ccnc2)c(C#N)c(-c2ccc(Cl)cc2Cl)n1. The number of hydrogen-bond acceptors (Lipinski definition) is 3. The van der Waals surface area contributed by atoms with Crippen LogP contribution in [0, 0.1) is 18.3 Å². The summed E-state index contributed by atoms with van der Waals surface area (Å²) < 4.78 is 1.95. The number of pyridine rings is 1. The third-order valence-electron chi connectivity index (χ3n) is 3.90. The molecular weight excluding hydrogens is 343 g/mol. The lowest BCUT2D eigenvalue weighted by molar-refractivity contribution is 0.635. The Morgan fingerprint density at radius 1 is 1.25 bits per heavy atom.